The van der Waals surface area contributed by atoms with Gasteiger partial charge in [-0.1, -0.05) is 11.3 Å². The standard InChI is InChI=1S/C8H8N2O3S/c1-2-13-8-10-7-6(14-8)4(11)3-5(12)9-7/h3H,2H2,1H3,(H2,9,11,12). The molecule has 0 unspecified atom stereocenters. The van der Waals surface area contributed by atoms with Gasteiger partial charge in [0.25, 0.3) is 10.8 Å². The molecule has 74 valence electrons. The maximum atomic E-state index is 11.0. The molecule has 2 aromatic heterocycles. The second-order valence-corrected chi connectivity index (χ2v) is 3.57. The van der Waals surface area contributed by atoms with Crippen LogP contribution in [0.4, 0.5) is 0 Å². The normalized spacial score (nSPS) is 10.6. The van der Waals surface area contributed by atoms with Crippen LogP contribution in [0.2, 0.25) is 0 Å². The molecule has 0 aromatic carbocycles. The van der Waals surface area contributed by atoms with Gasteiger partial charge in [0.05, 0.1) is 6.61 Å². The van der Waals surface area contributed by atoms with Crippen molar-refractivity contribution in [2.24, 2.45) is 0 Å². The largest absolute Gasteiger partial charge is 0.506 e. The lowest BCUT2D eigenvalue weighted by Crippen LogP contribution is -2.02. The first-order valence-corrected chi connectivity index (χ1v) is 4.88. The number of aromatic hydroxyl groups is 1. The Morgan fingerprint density at radius 2 is 2.50 bits per heavy atom. The molecule has 0 aliphatic heterocycles. The van der Waals surface area contributed by atoms with Crippen molar-refractivity contribution in [3.8, 4) is 10.9 Å². The lowest BCUT2D eigenvalue weighted by Gasteiger charge is -1.92. The van der Waals surface area contributed by atoms with Gasteiger partial charge in [-0.2, -0.15) is 4.98 Å². The van der Waals surface area contributed by atoms with E-state index in [9.17, 15) is 9.90 Å². The highest BCUT2D eigenvalue weighted by Gasteiger charge is 2.09. The molecule has 2 rings (SSSR count). The second kappa shape index (κ2) is 3.30. The van der Waals surface area contributed by atoms with Crippen LogP contribution in [0.25, 0.3) is 10.3 Å². The van der Waals surface area contributed by atoms with E-state index in [1.807, 2.05) is 6.92 Å². The molecule has 2 heterocycles. The molecule has 2 aromatic rings. The number of ether oxygens (including phenoxy) is 1. The van der Waals surface area contributed by atoms with Gasteiger partial charge in [0.2, 0.25) is 0 Å². The van der Waals surface area contributed by atoms with Crippen molar-refractivity contribution in [2.75, 3.05) is 6.61 Å². The molecule has 0 bridgehead atoms. The van der Waals surface area contributed by atoms with Gasteiger partial charge in [-0.25, -0.2) is 0 Å². The molecule has 0 amide bonds. The Morgan fingerprint density at radius 1 is 1.71 bits per heavy atom. The molecule has 0 saturated carbocycles. The van der Waals surface area contributed by atoms with Crippen LogP contribution < -0.4 is 10.3 Å². The monoisotopic (exact) mass is 212 g/mol. The summed E-state index contributed by atoms with van der Waals surface area (Å²) >= 11 is 1.20. The Morgan fingerprint density at radius 3 is 3.21 bits per heavy atom. The predicted octanol–water partition coefficient (Wildman–Crippen LogP) is 1.09. The molecular formula is C8H8N2O3S. The molecule has 0 saturated heterocycles. The van der Waals surface area contributed by atoms with Crippen LogP contribution in [0.1, 0.15) is 6.92 Å². The van der Waals surface area contributed by atoms with Gasteiger partial charge in [0.1, 0.15) is 10.4 Å². The fourth-order valence-electron chi connectivity index (χ4n) is 1.09. The van der Waals surface area contributed by atoms with E-state index in [2.05, 4.69) is 9.97 Å². The summed E-state index contributed by atoms with van der Waals surface area (Å²) in [5.41, 5.74) is -0.00759. The van der Waals surface area contributed by atoms with Crippen LogP contribution >= 0.6 is 11.3 Å². The van der Waals surface area contributed by atoms with E-state index >= 15 is 0 Å². The quantitative estimate of drug-likeness (QED) is 0.781. The molecule has 14 heavy (non-hydrogen) atoms. The Kier molecular flexibility index (Phi) is 2.12. The van der Waals surface area contributed by atoms with Crippen molar-refractivity contribution < 1.29 is 9.84 Å². The van der Waals surface area contributed by atoms with E-state index in [1.54, 1.807) is 0 Å². The van der Waals surface area contributed by atoms with Gasteiger partial charge in [0, 0.05) is 6.07 Å². The molecule has 0 atom stereocenters. The maximum absolute atomic E-state index is 11.0. The predicted molar refractivity (Wildman–Crippen MR) is 53.1 cm³/mol. The van der Waals surface area contributed by atoms with E-state index in [1.165, 1.54) is 11.3 Å². The highest BCUT2D eigenvalue weighted by Crippen LogP contribution is 2.31. The van der Waals surface area contributed by atoms with Crippen LogP contribution in [-0.2, 0) is 0 Å². The molecule has 5 nitrogen and oxygen atoms in total. The number of fused-ring (bicyclic) bond motifs is 1. The number of hydrogen-bond donors (Lipinski definition) is 2. The minimum absolute atomic E-state index is 0.0628. The second-order valence-electron chi connectivity index (χ2n) is 2.61. The van der Waals surface area contributed by atoms with Gasteiger partial charge in [-0.05, 0) is 6.92 Å². The van der Waals surface area contributed by atoms with E-state index in [-0.39, 0.29) is 11.3 Å². The topological polar surface area (TPSA) is 75.2 Å². The summed E-state index contributed by atoms with van der Waals surface area (Å²) in [5.74, 6) is -0.0628. The third-order valence-corrected chi connectivity index (χ3v) is 2.61. The fraction of sp³-hybridized carbons (Fsp3) is 0.250. The molecule has 0 aliphatic rings. The first kappa shape index (κ1) is 9.01. The Labute approximate surface area is 83.0 Å². The molecule has 2 N–H and O–H groups in total. The summed E-state index contributed by atoms with van der Waals surface area (Å²) in [6.07, 6.45) is 0. The van der Waals surface area contributed by atoms with E-state index in [0.717, 1.165) is 6.07 Å². The highest BCUT2D eigenvalue weighted by molar-refractivity contribution is 7.20. The molecule has 0 spiro atoms. The lowest BCUT2D eigenvalue weighted by molar-refractivity contribution is 0.339. The number of aromatic amines is 1. The van der Waals surface area contributed by atoms with Crippen molar-refractivity contribution in [1.29, 1.82) is 0 Å². The maximum Gasteiger partial charge on any atom is 0.275 e. The summed E-state index contributed by atoms with van der Waals surface area (Å²) in [5, 5.41) is 9.87. The zero-order valence-electron chi connectivity index (χ0n) is 7.40. The van der Waals surface area contributed by atoms with Crippen LogP contribution in [-0.4, -0.2) is 21.7 Å². The zero-order chi connectivity index (χ0) is 10.1. The van der Waals surface area contributed by atoms with Gasteiger partial charge in [-0.15, -0.1) is 0 Å². The number of nitrogens with zero attached hydrogens (tertiary/aromatic N) is 1. The third kappa shape index (κ3) is 1.44. The first-order chi connectivity index (χ1) is 6.70. The minimum atomic E-state index is -0.372. The van der Waals surface area contributed by atoms with Gasteiger partial charge < -0.3 is 14.8 Å². The first-order valence-electron chi connectivity index (χ1n) is 4.06. The number of thiazole rings is 1. The minimum Gasteiger partial charge on any atom is -0.506 e. The molecule has 0 fully saturated rings. The van der Waals surface area contributed by atoms with Crippen molar-refractivity contribution in [3.05, 3.63) is 16.4 Å². The smallest absolute Gasteiger partial charge is 0.275 e. The Bertz CT molecular complexity index is 517. The molecule has 0 radical (unpaired) electrons. The number of H-pyrrole nitrogens is 1. The number of nitrogens with one attached hydrogen (secondary N) is 1. The van der Waals surface area contributed by atoms with E-state index < -0.39 is 0 Å². The summed E-state index contributed by atoms with van der Waals surface area (Å²) in [7, 11) is 0. The highest BCUT2D eigenvalue weighted by atomic mass is 32.1. The zero-order valence-corrected chi connectivity index (χ0v) is 8.22. The summed E-state index contributed by atoms with van der Waals surface area (Å²) in [6, 6.07) is 1.12. The summed E-state index contributed by atoms with van der Waals surface area (Å²) in [6.45, 7) is 2.35. The number of rotatable bonds is 2. The summed E-state index contributed by atoms with van der Waals surface area (Å²) in [4.78, 5) is 17.5. The Hall–Kier alpha value is -1.56. The van der Waals surface area contributed by atoms with Crippen molar-refractivity contribution >= 4 is 21.7 Å². The van der Waals surface area contributed by atoms with Crippen molar-refractivity contribution in [1.82, 2.24) is 9.97 Å². The average Bonchev–Trinajstić information content (AvgIpc) is 2.48. The van der Waals surface area contributed by atoms with Crippen LogP contribution in [0.3, 0.4) is 0 Å². The average molecular weight is 212 g/mol. The van der Waals surface area contributed by atoms with Crippen molar-refractivity contribution in [2.45, 2.75) is 6.92 Å². The van der Waals surface area contributed by atoms with Crippen molar-refractivity contribution in [3.63, 3.8) is 0 Å². The van der Waals surface area contributed by atoms with Gasteiger partial charge in [0.15, 0.2) is 5.65 Å². The van der Waals surface area contributed by atoms with Crippen LogP contribution in [0.15, 0.2) is 10.9 Å². The fourth-order valence-corrected chi connectivity index (χ4v) is 1.93. The van der Waals surface area contributed by atoms with Crippen LogP contribution in [0.5, 0.6) is 10.9 Å². The molecule has 6 heteroatoms. The number of aromatic nitrogens is 2. The van der Waals surface area contributed by atoms with E-state index in [4.69, 9.17) is 4.74 Å². The molecular weight excluding hydrogens is 204 g/mol. The third-order valence-electron chi connectivity index (χ3n) is 1.62. The molecule has 0 aliphatic carbocycles. The van der Waals surface area contributed by atoms with E-state index in [0.29, 0.717) is 22.1 Å². The van der Waals surface area contributed by atoms with Gasteiger partial charge in [-0.3, -0.25) is 4.79 Å². The number of hydrogen-bond acceptors (Lipinski definition) is 5. The SMILES string of the molecule is CCOc1nc2[nH]c(=O)cc(O)c2s1. The lowest BCUT2D eigenvalue weighted by atomic mass is 10.4. The summed E-state index contributed by atoms with van der Waals surface area (Å²) < 4.78 is 5.70. The number of pyridine rings is 1. The van der Waals surface area contributed by atoms with Gasteiger partial charge >= 0.3 is 0 Å². The van der Waals surface area contributed by atoms with Crippen LogP contribution in [0, 0.1) is 0 Å². The Balaban J connectivity index is 2.64.